The minimum atomic E-state index is -0.272. The average molecular weight is 231 g/mol. The molecule has 0 saturated carbocycles. The number of aliphatic hydroxyl groups excluding tert-OH is 1. The Morgan fingerprint density at radius 2 is 2.25 bits per heavy atom. The SMILES string of the molecule is CC(C)OCCN(C)CC(O)C1CCOC1. The molecule has 1 saturated heterocycles. The highest BCUT2D eigenvalue weighted by atomic mass is 16.5. The van der Waals surface area contributed by atoms with E-state index in [4.69, 9.17) is 9.47 Å². The maximum absolute atomic E-state index is 9.97. The molecule has 2 atom stereocenters. The monoisotopic (exact) mass is 231 g/mol. The van der Waals surface area contributed by atoms with Gasteiger partial charge in [0.1, 0.15) is 0 Å². The maximum atomic E-state index is 9.97. The van der Waals surface area contributed by atoms with Crippen molar-refractivity contribution in [2.45, 2.75) is 32.5 Å². The van der Waals surface area contributed by atoms with Crippen molar-refractivity contribution in [3.05, 3.63) is 0 Å². The zero-order chi connectivity index (χ0) is 12.0. The van der Waals surface area contributed by atoms with Crippen LogP contribution in [0.5, 0.6) is 0 Å². The maximum Gasteiger partial charge on any atom is 0.0717 e. The second-order valence-corrected chi connectivity index (χ2v) is 4.87. The minimum absolute atomic E-state index is 0.272. The third-order valence-corrected chi connectivity index (χ3v) is 2.93. The largest absolute Gasteiger partial charge is 0.391 e. The van der Waals surface area contributed by atoms with Gasteiger partial charge in [-0.15, -0.1) is 0 Å². The first-order valence-corrected chi connectivity index (χ1v) is 6.15. The van der Waals surface area contributed by atoms with E-state index in [-0.39, 0.29) is 12.2 Å². The molecule has 4 heteroatoms. The first-order chi connectivity index (χ1) is 7.59. The molecule has 0 spiro atoms. The summed E-state index contributed by atoms with van der Waals surface area (Å²) >= 11 is 0. The standard InChI is InChI=1S/C12H25NO3/c1-10(2)16-7-5-13(3)8-12(14)11-4-6-15-9-11/h10-12,14H,4-9H2,1-3H3. The molecule has 1 fully saturated rings. The van der Waals surface area contributed by atoms with Crippen LogP contribution in [0.3, 0.4) is 0 Å². The van der Waals surface area contributed by atoms with Gasteiger partial charge in [-0.3, -0.25) is 0 Å². The van der Waals surface area contributed by atoms with Crippen LogP contribution in [-0.2, 0) is 9.47 Å². The van der Waals surface area contributed by atoms with E-state index in [9.17, 15) is 5.11 Å². The smallest absolute Gasteiger partial charge is 0.0717 e. The van der Waals surface area contributed by atoms with Gasteiger partial charge < -0.3 is 19.5 Å². The highest BCUT2D eigenvalue weighted by Gasteiger charge is 2.24. The molecule has 4 nitrogen and oxygen atoms in total. The number of aliphatic hydroxyl groups is 1. The van der Waals surface area contributed by atoms with Crippen molar-refractivity contribution in [1.29, 1.82) is 0 Å². The summed E-state index contributed by atoms with van der Waals surface area (Å²) in [6.45, 7) is 7.86. The molecule has 0 bridgehead atoms. The average Bonchev–Trinajstić information content (AvgIpc) is 2.69. The first kappa shape index (κ1) is 13.9. The first-order valence-electron chi connectivity index (χ1n) is 6.15. The van der Waals surface area contributed by atoms with E-state index < -0.39 is 0 Å². The fourth-order valence-electron chi connectivity index (χ4n) is 1.86. The number of likely N-dealkylation sites (N-methyl/N-ethyl adjacent to an activating group) is 1. The highest BCUT2D eigenvalue weighted by molar-refractivity contribution is 4.75. The van der Waals surface area contributed by atoms with Gasteiger partial charge in [-0.05, 0) is 27.3 Å². The summed E-state index contributed by atoms with van der Waals surface area (Å²) in [4.78, 5) is 2.12. The van der Waals surface area contributed by atoms with E-state index in [0.717, 1.165) is 26.2 Å². The predicted molar refractivity (Wildman–Crippen MR) is 63.5 cm³/mol. The van der Waals surface area contributed by atoms with E-state index in [1.165, 1.54) is 0 Å². The van der Waals surface area contributed by atoms with E-state index >= 15 is 0 Å². The number of hydrogen-bond acceptors (Lipinski definition) is 4. The molecule has 1 N–H and O–H groups in total. The summed E-state index contributed by atoms with van der Waals surface area (Å²) in [7, 11) is 2.02. The minimum Gasteiger partial charge on any atom is -0.391 e. The fraction of sp³-hybridized carbons (Fsp3) is 1.00. The Morgan fingerprint density at radius 3 is 2.81 bits per heavy atom. The molecule has 1 aliphatic rings. The van der Waals surface area contributed by atoms with Crippen molar-refractivity contribution in [3.63, 3.8) is 0 Å². The Kier molecular flexibility index (Phi) is 6.28. The van der Waals surface area contributed by atoms with E-state index in [1.54, 1.807) is 0 Å². The number of ether oxygens (including phenoxy) is 2. The van der Waals surface area contributed by atoms with Crippen LogP contribution in [0.1, 0.15) is 20.3 Å². The molecule has 1 rings (SSSR count). The lowest BCUT2D eigenvalue weighted by Gasteiger charge is -2.23. The lowest BCUT2D eigenvalue weighted by Crippen LogP contribution is -2.36. The van der Waals surface area contributed by atoms with Crippen molar-refractivity contribution < 1.29 is 14.6 Å². The van der Waals surface area contributed by atoms with Crippen molar-refractivity contribution in [2.75, 3.05) is 40.0 Å². The Balaban J connectivity index is 2.10. The van der Waals surface area contributed by atoms with Crippen LogP contribution >= 0.6 is 0 Å². The molecule has 0 aliphatic carbocycles. The quantitative estimate of drug-likeness (QED) is 0.702. The summed E-state index contributed by atoms with van der Waals surface area (Å²) in [5, 5.41) is 9.97. The van der Waals surface area contributed by atoms with Gasteiger partial charge in [0.2, 0.25) is 0 Å². The Hall–Kier alpha value is -0.160. The lowest BCUT2D eigenvalue weighted by molar-refractivity contribution is 0.0357. The van der Waals surface area contributed by atoms with Crippen molar-refractivity contribution in [1.82, 2.24) is 4.90 Å². The van der Waals surface area contributed by atoms with Gasteiger partial charge >= 0.3 is 0 Å². The number of rotatable bonds is 7. The summed E-state index contributed by atoms with van der Waals surface area (Å²) in [6, 6.07) is 0. The molecule has 0 radical (unpaired) electrons. The number of hydrogen-bond donors (Lipinski definition) is 1. The molecule has 1 heterocycles. The molecule has 2 unspecified atom stereocenters. The van der Waals surface area contributed by atoms with Crippen molar-refractivity contribution >= 4 is 0 Å². The summed E-state index contributed by atoms with van der Waals surface area (Å²) in [5.74, 6) is 0.313. The van der Waals surface area contributed by atoms with Crippen LogP contribution in [0.15, 0.2) is 0 Å². The van der Waals surface area contributed by atoms with Gasteiger partial charge in [0.05, 0.1) is 25.4 Å². The second kappa shape index (κ2) is 7.22. The Morgan fingerprint density at radius 1 is 1.50 bits per heavy atom. The van der Waals surface area contributed by atoms with Gasteiger partial charge in [-0.2, -0.15) is 0 Å². The molecular formula is C12H25NO3. The van der Waals surface area contributed by atoms with Crippen molar-refractivity contribution in [3.8, 4) is 0 Å². The topological polar surface area (TPSA) is 41.9 Å². The Bertz CT molecular complexity index is 181. The van der Waals surface area contributed by atoms with Crippen LogP contribution in [0.25, 0.3) is 0 Å². The summed E-state index contributed by atoms with van der Waals surface area (Å²) in [6.07, 6.45) is 0.991. The van der Waals surface area contributed by atoms with Gasteiger partial charge in [-0.25, -0.2) is 0 Å². The molecule has 0 aromatic rings. The van der Waals surface area contributed by atoms with Crippen LogP contribution in [0.4, 0.5) is 0 Å². The molecule has 16 heavy (non-hydrogen) atoms. The van der Waals surface area contributed by atoms with Crippen LogP contribution in [-0.4, -0.2) is 62.2 Å². The van der Waals surface area contributed by atoms with Crippen LogP contribution < -0.4 is 0 Å². The van der Waals surface area contributed by atoms with Gasteiger partial charge in [0.15, 0.2) is 0 Å². The molecule has 0 amide bonds. The zero-order valence-electron chi connectivity index (χ0n) is 10.7. The third kappa shape index (κ3) is 5.25. The van der Waals surface area contributed by atoms with Gasteiger partial charge in [0, 0.05) is 25.6 Å². The second-order valence-electron chi connectivity index (χ2n) is 4.87. The number of nitrogens with zero attached hydrogens (tertiary/aromatic N) is 1. The van der Waals surface area contributed by atoms with Crippen LogP contribution in [0, 0.1) is 5.92 Å². The van der Waals surface area contributed by atoms with E-state index in [1.807, 2.05) is 20.9 Å². The van der Waals surface area contributed by atoms with Gasteiger partial charge in [-0.1, -0.05) is 0 Å². The highest BCUT2D eigenvalue weighted by Crippen LogP contribution is 2.17. The molecule has 1 aliphatic heterocycles. The summed E-state index contributed by atoms with van der Waals surface area (Å²) < 4.78 is 10.7. The summed E-state index contributed by atoms with van der Waals surface area (Å²) in [5.41, 5.74) is 0. The normalized spacial score (nSPS) is 23.2. The Labute approximate surface area is 98.5 Å². The molecular weight excluding hydrogens is 206 g/mol. The zero-order valence-corrected chi connectivity index (χ0v) is 10.7. The molecule has 0 aromatic heterocycles. The third-order valence-electron chi connectivity index (χ3n) is 2.93. The predicted octanol–water partition coefficient (Wildman–Crippen LogP) is 0.741. The van der Waals surface area contributed by atoms with Crippen molar-refractivity contribution in [2.24, 2.45) is 5.92 Å². The fourth-order valence-corrected chi connectivity index (χ4v) is 1.86. The van der Waals surface area contributed by atoms with E-state index in [2.05, 4.69) is 4.90 Å². The lowest BCUT2D eigenvalue weighted by atomic mass is 10.0. The molecule has 0 aromatic carbocycles. The van der Waals surface area contributed by atoms with Crippen LogP contribution in [0.2, 0.25) is 0 Å². The van der Waals surface area contributed by atoms with Gasteiger partial charge in [0.25, 0.3) is 0 Å². The van der Waals surface area contributed by atoms with E-state index in [0.29, 0.717) is 19.1 Å². The molecule has 96 valence electrons.